The van der Waals surface area contributed by atoms with Crippen LogP contribution in [0.25, 0.3) is 11.3 Å². The normalized spacial score (nSPS) is 21.5. The number of aryl methyl sites for hydroxylation is 1. The molecule has 0 spiro atoms. The van der Waals surface area contributed by atoms with E-state index in [4.69, 9.17) is 16.1 Å². The van der Waals surface area contributed by atoms with Gasteiger partial charge in [0.15, 0.2) is 0 Å². The van der Waals surface area contributed by atoms with Crippen LogP contribution in [-0.4, -0.2) is 50.6 Å². The third-order valence-corrected chi connectivity index (χ3v) is 6.55. The lowest BCUT2D eigenvalue weighted by molar-refractivity contribution is -0.140. The van der Waals surface area contributed by atoms with E-state index < -0.39 is 34.1 Å². The molecule has 1 amide bonds. The zero-order chi connectivity index (χ0) is 21.3. The molecular weight excluding hydrogens is 418 g/mol. The number of carbonyl (C=O) groups is 3. The molecule has 154 valence electrons. The first kappa shape index (κ1) is 21.4. The molecule has 0 radical (unpaired) electrons. The Kier molecular flexibility index (Phi) is 6.02. The van der Waals surface area contributed by atoms with Gasteiger partial charge in [0.25, 0.3) is 5.91 Å². The second-order valence-corrected chi connectivity index (χ2v) is 9.36. The number of nitrogens with zero attached hydrogens (tertiary/aromatic N) is 1. The van der Waals surface area contributed by atoms with Gasteiger partial charge < -0.3 is 19.7 Å². The molecule has 3 N–H and O–H groups in total. The molecule has 2 aromatic rings. The number of thioether (sulfide) groups is 1. The molecule has 1 saturated heterocycles. The van der Waals surface area contributed by atoms with Crippen LogP contribution in [0.1, 0.15) is 30.0 Å². The maximum Gasteiger partial charge on any atom is 0.322 e. The molecular formula is C19H20ClN3O5S. The third kappa shape index (κ3) is 4.17. The number of carboxylic acid groups (broad SMARTS) is 1. The first-order chi connectivity index (χ1) is 13.7. The minimum absolute atomic E-state index is 0.169. The van der Waals surface area contributed by atoms with Gasteiger partial charge in [0, 0.05) is 10.3 Å². The standard InChI is InChI=1S/C19H20ClN3O5S/c1-9-13(14(23-28-9)10-6-4-5-7-11(10)20)16(25)21-12(8-24)17-22-15(18(26)27)19(2,3)29-17/h4-8,12,15,17,22H,1-3H3,(H,21,25)(H,26,27)/t12-,15+,17-/m1/s1. The Hall–Kier alpha value is -2.36. The Labute approximate surface area is 176 Å². The first-order valence-electron chi connectivity index (χ1n) is 8.79. The van der Waals surface area contributed by atoms with Crippen LogP contribution in [0, 0.1) is 6.92 Å². The van der Waals surface area contributed by atoms with E-state index in [2.05, 4.69) is 15.8 Å². The van der Waals surface area contributed by atoms with Crippen molar-refractivity contribution in [1.29, 1.82) is 0 Å². The van der Waals surface area contributed by atoms with E-state index in [1.165, 1.54) is 11.8 Å². The van der Waals surface area contributed by atoms with Crippen molar-refractivity contribution in [3.63, 3.8) is 0 Å². The average molecular weight is 438 g/mol. The van der Waals surface area contributed by atoms with Crippen molar-refractivity contribution in [3.8, 4) is 11.3 Å². The summed E-state index contributed by atoms with van der Waals surface area (Å²) in [6.07, 6.45) is 0.584. The highest BCUT2D eigenvalue weighted by atomic mass is 35.5. The minimum atomic E-state index is -1.02. The van der Waals surface area contributed by atoms with Gasteiger partial charge in [0.05, 0.1) is 10.4 Å². The summed E-state index contributed by atoms with van der Waals surface area (Å²) in [5, 5.41) is 18.7. The molecule has 1 fully saturated rings. The van der Waals surface area contributed by atoms with E-state index in [1.54, 1.807) is 45.0 Å². The van der Waals surface area contributed by atoms with E-state index in [9.17, 15) is 19.5 Å². The van der Waals surface area contributed by atoms with Crippen LogP contribution in [0.3, 0.4) is 0 Å². The van der Waals surface area contributed by atoms with Gasteiger partial charge in [-0.3, -0.25) is 14.9 Å². The number of halogens is 1. The van der Waals surface area contributed by atoms with Crippen molar-refractivity contribution >= 4 is 41.5 Å². The molecule has 1 aromatic carbocycles. The SMILES string of the molecule is Cc1onc(-c2ccccc2Cl)c1C(=O)N[C@H](C=O)[C@@H]1N[C@@H](C(=O)O)C(C)(C)S1. The Morgan fingerprint density at radius 1 is 1.41 bits per heavy atom. The predicted molar refractivity (Wildman–Crippen MR) is 109 cm³/mol. The number of carbonyl (C=O) groups excluding carboxylic acids is 2. The van der Waals surface area contributed by atoms with Crippen LogP contribution in [0.15, 0.2) is 28.8 Å². The molecule has 8 nitrogen and oxygen atoms in total. The molecule has 0 bridgehead atoms. The van der Waals surface area contributed by atoms with Crippen LogP contribution in [-0.2, 0) is 9.59 Å². The Balaban J connectivity index is 1.85. The number of aldehydes is 1. The molecule has 1 aromatic heterocycles. The van der Waals surface area contributed by atoms with Crippen LogP contribution >= 0.6 is 23.4 Å². The summed E-state index contributed by atoms with van der Waals surface area (Å²) in [6, 6.07) is 5.09. The van der Waals surface area contributed by atoms with Crippen LogP contribution in [0.5, 0.6) is 0 Å². The predicted octanol–water partition coefficient (Wildman–Crippen LogP) is 2.50. The number of carboxylic acids is 1. The second-order valence-electron chi connectivity index (χ2n) is 7.16. The van der Waals surface area contributed by atoms with E-state index in [0.717, 1.165) is 0 Å². The van der Waals surface area contributed by atoms with Crippen molar-refractivity contribution in [3.05, 3.63) is 40.6 Å². The summed E-state index contributed by atoms with van der Waals surface area (Å²) >= 11 is 7.51. The van der Waals surface area contributed by atoms with Crippen LogP contribution in [0.2, 0.25) is 5.02 Å². The quantitative estimate of drug-likeness (QED) is 0.589. The lowest BCUT2D eigenvalue weighted by Crippen LogP contribution is -2.51. The fourth-order valence-corrected chi connectivity index (χ4v) is 4.89. The molecule has 2 heterocycles. The van der Waals surface area contributed by atoms with Gasteiger partial charge in [-0.05, 0) is 26.8 Å². The Bertz CT molecular complexity index is 961. The summed E-state index contributed by atoms with van der Waals surface area (Å²) in [5.74, 6) is -1.30. The van der Waals surface area contributed by atoms with E-state index >= 15 is 0 Å². The largest absolute Gasteiger partial charge is 0.480 e. The summed E-state index contributed by atoms with van der Waals surface area (Å²) in [7, 11) is 0. The second kappa shape index (κ2) is 8.17. The highest BCUT2D eigenvalue weighted by molar-refractivity contribution is 8.01. The number of hydrogen-bond acceptors (Lipinski definition) is 7. The van der Waals surface area contributed by atoms with Crippen molar-refractivity contribution in [2.45, 2.75) is 43.0 Å². The highest BCUT2D eigenvalue weighted by Gasteiger charge is 2.48. The molecule has 3 atom stereocenters. The number of nitrogens with one attached hydrogen (secondary N) is 2. The summed E-state index contributed by atoms with van der Waals surface area (Å²) < 4.78 is 4.54. The third-order valence-electron chi connectivity index (χ3n) is 4.69. The number of rotatable bonds is 6. The molecule has 3 rings (SSSR count). The van der Waals surface area contributed by atoms with E-state index in [1.807, 2.05) is 0 Å². The van der Waals surface area contributed by atoms with Crippen molar-refractivity contribution in [2.24, 2.45) is 0 Å². The van der Waals surface area contributed by atoms with Crippen molar-refractivity contribution < 1.29 is 24.0 Å². The Morgan fingerprint density at radius 2 is 2.10 bits per heavy atom. The van der Waals surface area contributed by atoms with Gasteiger partial charge in [-0.25, -0.2) is 0 Å². The zero-order valence-corrected chi connectivity index (χ0v) is 17.5. The smallest absolute Gasteiger partial charge is 0.322 e. The van der Waals surface area contributed by atoms with Gasteiger partial charge >= 0.3 is 5.97 Å². The fraction of sp³-hybridized carbons (Fsp3) is 0.368. The maximum absolute atomic E-state index is 13.0. The molecule has 1 aliphatic rings. The number of hydrogen-bond donors (Lipinski definition) is 3. The molecule has 0 saturated carbocycles. The van der Waals surface area contributed by atoms with Gasteiger partial charge in [-0.1, -0.05) is 35.0 Å². The summed E-state index contributed by atoms with van der Waals surface area (Å²) in [6.45, 7) is 5.13. The van der Waals surface area contributed by atoms with E-state index in [0.29, 0.717) is 16.9 Å². The van der Waals surface area contributed by atoms with Crippen LogP contribution < -0.4 is 10.6 Å². The topological polar surface area (TPSA) is 122 Å². The number of amides is 1. The highest BCUT2D eigenvalue weighted by Crippen LogP contribution is 2.39. The van der Waals surface area contributed by atoms with Gasteiger partial charge in [-0.15, -0.1) is 11.8 Å². The van der Waals surface area contributed by atoms with Gasteiger partial charge in [0.2, 0.25) is 0 Å². The Morgan fingerprint density at radius 3 is 2.69 bits per heavy atom. The number of aliphatic carboxylic acids is 1. The van der Waals surface area contributed by atoms with E-state index in [-0.39, 0.29) is 17.0 Å². The molecule has 1 aliphatic heterocycles. The minimum Gasteiger partial charge on any atom is -0.480 e. The monoisotopic (exact) mass is 437 g/mol. The fourth-order valence-electron chi connectivity index (χ4n) is 3.22. The van der Waals surface area contributed by atoms with Gasteiger partial charge in [0.1, 0.15) is 35.4 Å². The molecule has 29 heavy (non-hydrogen) atoms. The van der Waals surface area contributed by atoms with Crippen molar-refractivity contribution in [2.75, 3.05) is 0 Å². The lowest BCUT2D eigenvalue weighted by Gasteiger charge is -2.21. The van der Waals surface area contributed by atoms with Crippen LogP contribution in [0.4, 0.5) is 0 Å². The maximum atomic E-state index is 13.0. The molecule has 0 unspecified atom stereocenters. The zero-order valence-electron chi connectivity index (χ0n) is 15.9. The van der Waals surface area contributed by atoms with Gasteiger partial charge in [-0.2, -0.15) is 0 Å². The first-order valence-corrected chi connectivity index (χ1v) is 10.1. The molecule has 0 aliphatic carbocycles. The number of benzene rings is 1. The average Bonchev–Trinajstić information content (AvgIpc) is 3.19. The molecule has 10 heteroatoms. The summed E-state index contributed by atoms with van der Waals surface area (Å²) in [5.41, 5.74) is 0.965. The summed E-state index contributed by atoms with van der Waals surface area (Å²) in [4.78, 5) is 36.1. The number of aromatic nitrogens is 1. The lowest BCUT2D eigenvalue weighted by atomic mass is 10.0. The van der Waals surface area contributed by atoms with Crippen molar-refractivity contribution in [1.82, 2.24) is 15.8 Å².